The maximum absolute atomic E-state index is 2.65. The van der Waals surface area contributed by atoms with Gasteiger partial charge in [0, 0.05) is 8.07 Å². The van der Waals surface area contributed by atoms with Gasteiger partial charge in [-0.3, -0.25) is 0 Å². The minimum atomic E-state index is -2.43. The third-order valence-electron chi connectivity index (χ3n) is 9.40. The fraction of sp³-hybridized carbons (Fsp3) is 0.366. The fourth-order valence-corrected chi connectivity index (χ4v) is 12.3. The van der Waals surface area contributed by atoms with Gasteiger partial charge in [-0.1, -0.05) is 146 Å². The zero-order chi connectivity index (χ0) is 29.1. The summed E-state index contributed by atoms with van der Waals surface area (Å²) >= 11 is 0. The molecular weight excluding hydrogens is 568 g/mol. The van der Waals surface area contributed by atoms with Crippen molar-refractivity contribution in [2.24, 2.45) is 0 Å². The largest absolute Gasteiger partial charge is 4.00 e. The average molecular weight is 623 g/mol. The third-order valence-corrected chi connectivity index (χ3v) is 14.2. The van der Waals surface area contributed by atoms with E-state index in [1.54, 1.807) is 10.4 Å². The molecular formula is C41H54SiTi. The smallest absolute Gasteiger partial charge is 0.358 e. The molecule has 0 atom stereocenters. The molecule has 0 radical (unpaired) electrons. The molecule has 5 aromatic rings. The molecule has 5 aromatic carbocycles. The van der Waals surface area contributed by atoms with Crippen LogP contribution in [0.15, 0.2) is 66.7 Å². The van der Waals surface area contributed by atoms with Crippen LogP contribution in [0, 0.1) is 28.7 Å². The van der Waals surface area contributed by atoms with Crippen LogP contribution in [0.25, 0.3) is 21.5 Å². The van der Waals surface area contributed by atoms with E-state index in [9.17, 15) is 0 Å². The van der Waals surface area contributed by atoms with Crippen LogP contribution >= 0.6 is 0 Å². The molecule has 0 unspecified atom stereocenters. The van der Waals surface area contributed by atoms with Gasteiger partial charge >= 0.3 is 21.7 Å². The van der Waals surface area contributed by atoms with Crippen molar-refractivity contribution in [3.8, 4) is 0 Å². The zero-order valence-electron chi connectivity index (χ0n) is 29.2. The Morgan fingerprint density at radius 1 is 0.558 bits per heavy atom. The Bertz CT molecular complexity index is 1570. The number of hydrogen-bond acceptors (Lipinski definition) is 0. The van der Waals surface area contributed by atoms with Crippen molar-refractivity contribution in [2.45, 2.75) is 99.5 Å². The van der Waals surface area contributed by atoms with Crippen molar-refractivity contribution in [2.75, 3.05) is 0 Å². The molecule has 0 aliphatic rings. The average Bonchev–Trinajstić information content (AvgIpc) is 3.42. The fourth-order valence-electron chi connectivity index (χ4n) is 7.28. The molecule has 226 valence electrons. The Morgan fingerprint density at radius 3 is 1.26 bits per heavy atom. The van der Waals surface area contributed by atoms with Crippen molar-refractivity contribution in [3.05, 3.63) is 115 Å². The van der Waals surface area contributed by atoms with Gasteiger partial charge in [-0.15, -0.1) is 56.9 Å². The van der Waals surface area contributed by atoms with Crippen LogP contribution in [0.2, 0.25) is 6.55 Å². The predicted octanol–water partition coefficient (Wildman–Crippen LogP) is 10.5. The summed E-state index contributed by atoms with van der Waals surface area (Å²) < 4.78 is 0. The van der Waals surface area contributed by atoms with E-state index in [4.69, 9.17) is 0 Å². The summed E-state index contributed by atoms with van der Waals surface area (Å²) in [6, 6.07) is 26.5. The number of benzene rings is 3. The SMILES string of the molecule is Cc1[cH-]c2cc(C(C)C)cc(C(C)C)c2c1[Si](C)(c1ccccc1)c1c(C)[cH-]c2cc(C(C)C)cc(C(C)C)c12.[CH3-].[CH3-].[Ti+4]. The first-order valence-corrected chi connectivity index (χ1v) is 17.9. The van der Waals surface area contributed by atoms with Gasteiger partial charge in [0.2, 0.25) is 0 Å². The van der Waals surface area contributed by atoms with Gasteiger partial charge in [0.1, 0.15) is 0 Å². The zero-order valence-corrected chi connectivity index (χ0v) is 31.7. The van der Waals surface area contributed by atoms with E-state index in [2.05, 4.69) is 143 Å². The standard InChI is InChI=1S/C39H48Si.2CH3.Ti/c1-23(2)29-19-31-17-27(9)38(36(31)34(21-29)25(5)6)40(11,33-15-13-12-14-16-33)39-28(10)18-32-20-30(24(3)4)22-35(26(7)8)37(32)39;;;/h12-26H,1-11H3;2*1H3;/q-2;2*-1;+4. The minimum Gasteiger partial charge on any atom is -0.358 e. The molecule has 0 nitrogen and oxygen atoms in total. The molecule has 0 saturated heterocycles. The van der Waals surface area contributed by atoms with Crippen LogP contribution in [0.5, 0.6) is 0 Å². The second kappa shape index (κ2) is 13.8. The molecule has 0 fully saturated rings. The second-order valence-electron chi connectivity index (χ2n) is 13.7. The van der Waals surface area contributed by atoms with Crippen molar-refractivity contribution in [1.82, 2.24) is 0 Å². The van der Waals surface area contributed by atoms with Gasteiger partial charge in [-0.2, -0.15) is 10.4 Å². The van der Waals surface area contributed by atoms with Gasteiger partial charge in [-0.05, 0) is 23.7 Å². The van der Waals surface area contributed by atoms with Crippen LogP contribution in [-0.4, -0.2) is 8.07 Å². The Hall–Kier alpha value is -2.19. The van der Waals surface area contributed by atoms with Gasteiger partial charge in [0.25, 0.3) is 0 Å². The normalized spacial score (nSPS) is 11.9. The molecule has 5 rings (SSSR count). The van der Waals surface area contributed by atoms with E-state index in [1.165, 1.54) is 60.1 Å². The molecule has 0 aliphatic carbocycles. The van der Waals surface area contributed by atoms with Crippen molar-refractivity contribution in [3.63, 3.8) is 0 Å². The molecule has 0 spiro atoms. The molecule has 43 heavy (non-hydrogen) atoms. The van der Waals surface area contributed by atoms with E-state index in [1.807, 2.05) is 0 Å². The number of aryl methyl sites for hydroxylation is 2. The molecule has 2 heteroatoms. The predicted molar refractivity (Wildman–Crippen MR) is 195 cm³/mol. The maximum Gasteiger partial charge on any atom is 4.00 e. The first-order chi connectivity index (χ1) is 18.9. The van der Waals surface area contributed by atoms with Crippen LogP contribution in [0.3, 0.4) is 0 Å². The summed E-state index contributed by atoms with van der Waals surface area (Å²) in [6.45, 7) is 26.2. The molecule has 0 saturated carbocycles. The number of hydrogen-bond donors (Lipinski definition) is 0. The molecule has 0 heterocycles. The van der Waals surface area contributed by atoms with E-state index in [0.29, 0.717) is 23.7 Å². The Morgan fingerprint density at radius 2 is 0.930 bits per heavy atom. The van der Waals surface area contributed by atoms with Crippen molar-refractivity contribution >= 4 is 45.2 Å². The van der Waals surface area contributed by atoms with Crippen LogP contribution in [0.4, 0.5) is 0 Å². The molecule has 0 amide bonds. The molecule has 0 aromatic heterocycles. The van der Waals surface area contributed by atoms with Gasteiger partial charge in [0.05, 0.1) is 0 Å². The van der Waals surface area contributed by atoms with E-state index in [-0.39, 0.29) is 36.6 Å². The molecule has 0 N–H and O–H groups in total. The topological polar surface area (TPSA) is 0 Å². The van der Waals surface area contributed by atoms with Gasteiger partial charge in [-0.25, -0.2) is 0 Å². The third kappa shape index (κ3) is 6.20. The van der Waals surface area contributed by atoms with Gasteiger partial charge < -0.3 is 14.9 Å². The maximum atomic E-state index is 2.65. The summed E-state index contributed by atoms with van der Waals surface area (Å²) in [7, 11) is -2.43. The summed E-state index contributed by atoms with van der Waals surface area (Å²) in [5, 5.41) is 10.6. The monoisotopic (exact) mass is 622 g/mol. The summed E-state index contributed by atoms with van der Waals surface area (Å²) in [4.78, 5) is 0. The van der Waals surface area contributed by atoms with E-state index >= 15 is 0 Å². The molecule has 0 bridgehead atoms. The summed E-state index contributed by atoms with van der Waals surface area (Å²) in [5.74, 6) is 1.97. The van der Waals surface area contributed by atoms with Gasteiger partial charge in [0.15, 0.2) is 0 Å². The van der Waals surface area contributed by atoms with E-state index in [0.717, 1.165) is 0 Å². The molecule has 0 aliphatic heterocycles. The summed E-state index contributed by atoms with van der Waals surface area (Å²) in [6.07, 6.45) is 0. The summed E-state index contributed by atoms with van der Waals surface area (Å²) in [5.41, 5.74) is 8.84. The van der Waals surface area contributed by atoms with E-state index < -0.39 is 8.07 Å². The first kappa shape index (κ1) is 37.0. The van der Waals surface area contributed by atoms with Crippen LogP contribution < -0.4 is 15.6 Å². The Balaban J connectivity index is 0.00000215. The van der Waals surface area contributed by atoms with Crippen LogP contribution in [-0.2, 0) is 21.7 Å². The number of rotatable bonds is 7. The second-order valence-corrected chi connectivity index (χ2v) is 17.5. The quantitative estimate of drug-likeness (QED) is 0.125. The minimum absolute atomic E-state index is 0. The Kier molecular flexibility index (Phi) is 11.9. The Labute approximate surface area is 279 Å². The van der Waals surface area contributed by atoms with Crippen LogP contribution in [0.1, 0.15) is 112 Å². The van der Waals surface area contributed by atoms with Crippen molar-refractivity contribution in [1.29, 1.82) is 0 Å². The number of fused-ring (bicyclic) bond motifs is 2. The van der Waals surface area contributed by atoms with Crippen molar-refractivity contribution < 1.29 is 21.7 Å². The first-order valence-electron chi connectivity index (χ1n) is 15.4.